The summed E-state index contributed by atoms with van der Waals surface area (Å²) in [6, 6.07) is 5.59. The van der Waals surface area contributed by atoms with Gasteiger partial charge in [0, 0.05) is 43.8 Å². The van der Waals surface area contributed by atoms with Crippen LogP contribution in [0.15, 0.2) is 46.1 Å². The van der Waals surface area contributed by atoms with Gasteiger partial charge in [-0.3, -0.25) is 9.69 Å². The highest BCUT2D eigenvalue weighted by atomic mass is 16.6. The molecule has 1 aromatic heterocycles. The highest BCUT2D eigenvalue weighted by Crippen LogP contribution is 2.29. The fraction of sp³-hybridized carbons (Fsp3) is 0.560. The molecule has 4 rings (SSSR count). The average Bonchev–Trinajstić information content (AvgIpc) is 3.25. The number of amides is 1. The van der Waals surface area contributed by atoms with E-state index in [1.165, 1.54) is 11.1 Å². The number of nitrogens with zero attached hydrogens (tertiary/aromatic N) is 3. The number of carbonyl (C=O) groups is 1. The summed E-state index contributed by atoms with van der Waals surface area (Å²) in [7, 11) is 1.98. The maximum atomic E-state index is 12.5. The number of carbonyl (C=O) groups excluding carboxylic acids is 1. The van der Waals surface area contributed by atoms with Gasteiger partial charge in [-0.05, 0) is 86.4 Å². The van der Waals surface area contributed by atoms with Crippen molar-refractivity contribution in [2.45, 2.75) is 45.3 Å². The van der Waals surface area contributed by atoms with Crippen LogP contribution in [0.1, 0.15) is 43.5 Å². The third-order valence-electron chi connectivity index (χ3n) is 6.66. The summed E-state index contributed by atoms with van der Waals surface area (Å²) in [6.07, 6.45) is 8.01. The van der Waals surface area contributed by atoms with Gasteiger partial charge in [-0.1, -0.05) is 12.2 Å². The van der Waals surface area contributed by atoms with Gasteiger partial charge in [0.05, 0.1) is 6.10 Å². The molecule has 2 unspecified atom stereocenters. The summed E-state index contributed by atoms with van der Waals surface area (Å²) < 4.78 is 10.7. The topological polar surface area (TPSA) is 92.5 Å². The summed E-state index contributed by atoms with van der Waals surface area (Å²) >= 11 is 0. The van der Waals surface area contributed by atoms with E-state index in [2.05, 4.69) is 51.8 Å². The summed E-state index contributed by atoms with van der Waals surface area (Å²) in [4.78, 5) is 15.0. The molecule has 2 atom stereocenters. The van der Waals surface area contributed by atoms with Crippen LogP contribution < -0.4 is 10.6 Å². The number of likely N-dealkylation sites (tertiary alicyclic amines) is 1. The second-order valence-electron chi connectivity index (χ2n) is 9.14. The molecule has 1 saturated heterocycles. The Labute approximate surface area is 195 Å². The zero-order valence-corrected chi connectivity index (χ0v) is 19.8. The maximum Gasteiger partial charge on any atom is 0.251 e. The Balaban J connectivity index is 1.18. The molecule has 178 valence electrons. The molecule has 2 heterocycles. The van der Waals surface area contributed by atoms with E-state index in [1.807, 2.05) is 7.05 Å². The first kappa shape index (κ1) is 23.6. The Kier molecular flexibility index (Phi) is 7.90. The molecule has 2 aromatic rings. The molecule has 0 radical (unpaired) electrons. The van der Waals surface area contributed by atoms with Crippen LogP contribution in [0, 0.1) is 5.92 Å². The minimum atomic E-state index is -0.0860. The zero-order valence-electron chi connectivity index (χ0n) is 19.8. The van der Waals surface area contributed by atoms with Crippen LogP contribution in [-0.2, 0) is 4.74 Å². The third-order valence-corrected chi connectivity index (χ3v) is 6.66. The molecule has 0 saturated carbocycles. The van der Waals surface area contributed by atoms with Crippen LogP contribution in [0.25, 0.3) is 11.0 Å². The maximum absolute atomic E-state index is 12.5. The van der Waals surface area contributed by atoms with E-state index in [4.69, 9.17) is 9.37 Å². The fourth-order valence-electron chi connectivity index (χ4n) is 4.62. The smallest absolute Gasteiger partial charge is 0.251 e. The molecule has 1 fully saturated rings. The summed E-state index contributed by atoms with van der Waals surface area (Å²) in [6.45, 7) is 8.98. The Morgan fingerprint density at radius 1 is 1.27 bits per heavy atom. The SMILES string of the molecule is CNCCCCOC1C=C(C)C(C(C)N2CC(CNC(=O)c3ccc4nonc4c3)C2)=CC1. The van der Waals surface area contributed by atoms with Crippen LogP contribution in [0.4, 0.5) is 0 Å². The summed E-state index contributed by atoms with van der Waals surface area (Å²) in [5.74, 6) is 0.383. The van der Waals surface area contributed by atoms with Crippen molar-refractivity contribution in [3.63, 3.8) is 0 Å². The Morgan fingerprint density at radius 2 is 2.09 bits per heavy atom. The second kappa shape index (κ2) is 11.0. The number of hydrogen-bond donors (Lipinski definition) is 2. The number of benzene rings is 1. The molecule has 1 aliphatic carbocycles. The van der Waals surface area contributed by atoms with Crippen molar-refractivity contribution in [3.8, 4) is 0 Å². The molecule has 2 aliphatic rings. The molecule has 0 bridgehead atoms. The molecule has 0 spiro atoms. The van der Waals surface area contributed by atoms with Gasteiger partial charge in [0.15, 0.2) is 0 Å². The molecular weight excluding hydrogens is 418 g/mol. The molecule has 1 aliphatic heterocycles. The normalized spacial score (nSPS) is 20.3. The first-order valence-electron chi connectivity index (χ1n) is 11.9. The lowest BCUT2D eigenvalue weighted by Crippen LogP contribution is -2.55. The van der Waals surface area contributed by atoms with E-state index < -0.39 is 0 Å². The van der Waals surface area contributed by atoms with Crippen molar-refractivity contribution >= 4 is 16.9 Å². The fourth-order valence-corrected chi connectivity index (χ4v) is 4.62. The predicted molar refractivity (Wildman–Crippen MR) is 128 cm³/mol. The number of hydrogen-bond acceptors (Lipinski definition) is 7. The van der Waals surface area contributed by atoms with E-state index in [0.29, 0.717) is 35.1 Å². The van der Waals surface area contributed by atoms with Crippen LogP contribution in [0.3, 0.4) is 0 Å². The second-order valence-corrected chi connectivity index (χ2v) is 9.14. The van der Waals surface area contributed by atoms with Gasteiger partial charge in [-0.15, -0.1) is 0 Å². The largest absolute Gasteiger partial charge is 0.374 e. The van der Waals surface area contributed by atoms with Crippen LogP contribution >= 0.6 is 0 Å². The molecule has 33 heavy (non-hydrogen) atoms. The van der Waals surface area contributed by atoms with E-state index >= 15 is 0 Å². The first-order chi connectivity index (χ1) is 16.0. The molecular formula is C25H35N5O3. The van der Waals surface area contributed by atoms with Gasteiger partial charge < -0.3 is 15.4 Å². The lowest BCUT2D eigenvalue weighted by Gasteiger charge is -2.44. The number of nitrogens with one attached hydrogen (secondary N) is 2. The van der Waals surface area contributed by atoms with Crippen LogP contribution in [-0.4, -0.2) is 73.1 Å². The number of rotatable bonds is 11. The summed E-state index contributed by atoms with van der Waals surface area (Å²) in [5.41, 5.74) is 4.55. The lowest BCUT2D eigenvalue weighted by molar-refractivity contribution is 0.0671. The van der Waals surface area contributed by atoms with Gasteiger partial charge in [0.1, 0.15) is 11.0 Å². The predicted octanol–water partition coefficient (Wildman–Crippen LogP) is 2.93. The number of unbranched alkanes of at least 4 members (excludes halogenated alkanes) is 1. The highest BCUT2D eigenvalue weighted by molar-refractivity contribution is 5.97. The van der Waals surface area contributed by atoms with Gasteiger partial charge in [-0.2, -0.15) is 0 Å². The molecule has 2 N–H and O–H groups in total. The van der Waals surface area contributed by atoms with Crippen molar-refractivity contribution in [3.05, 3.63) is 47.1 Å². The van der Waals surface area contributed by atoms with E-state index in [1.54, 1.807) is 18.2 Å². The Hall–Kier alpha value is -2.55. The molecule has 1 amide bonds. The Bertz CT molecular complexity index is 1010. The van der Waals surface area contributed by atoms with E-state index in [9.17, 15) is 4.79 Å². The van der Waals surface area contributed by atoms with Gasteiger partial charge in [0.2, 0.25) is 0 Å². The average molecular weight is 454 g/mol. The Morgan fingerprint density at radius 3 is 2.88 bits per heavy atom. The van der Waals surface area contributed by atoms with Crippen molar-refractivity contribution < 1.29 is 14.2 Å². The van der Waals surface area contributed by atoms with Gasteiger partial charge in [0.25, 0.3) is 5.91 Å². The highest BCUT2D eigenvalue weighted by Gasteiger charge is 2.33. The van der Waals surface area contributed by atoms with E-state index in [-0.39, 0.29) is 12.0 Å². The minimum absolute atomic E-state index is 0.0860. The van der Waals surface area contributed by atoms with Crippen LogP contribution in [0.2, 0.25) is 0 Å². The number of fused-ring (bicyclic) bond motifs is 1. The standard InChI is InChI=1S/C25H35N5O3/c1-17-12-21(32-11-5-4-10-26-3)7-8-22(17)18(2)30-15-19(16-30)14-27-25(31)20-6-9-23-24(13-20)29-33-28-23/h6,8-9,12-13,18-19,21,26H,4-5,7,10-11,14-16H2,1-3H3,(H,27,31). The van der Waals surface area contributed by atoms with E-state index in [0.717, 1.165) is 45.5 Å². The summed E-state index contributed by atoms with van der Waals surface area (Å²) in [5, 5.41) is 13.8. The third kappa shape index (κ3) is 5.88. The van der Waals surface area contributed by atoms with Gasteiger partial charge in [-0.25, -0.2) is 4.63 Å². The van der Waals surface area contributed by atoms with Crippen LogP contribution in [0.5, 0.6) is 0 Å². The lowest BCUT2D eigenvalue weighted by atomic mass is 9.88. The minimum Gasteiger partial charge on any atom is -0.374 e. The van der Waals surface area contributed by atoms with Gasteiger partial charge >= 0.3 is 0 Å². The van der Waals surface area contributed by atoms with Crippen molar-refractivity contribution in [2.75, 3.05) is 39.8 Å². The number of ether oxygens (including phenoxy) is 1. The quantitative estimate of drug-likeness (QED) is 0.506. The first-order valence-corrected chi connectivity index (χ1v) is 11.9. The number of aromatic nitrogens is 2. The molecule has 8 heteroatoms. The monoisotopic (exact) mass is 453 g/mol. The molecule has 1 aromatic carbocycles. The van der Waals surface area contributed by atoms with Crippen molar-refractivity contribution in [2.24, 2.45) is 5.92 Å². The zero-order chi connectivity index (χ0) is 23.2. The molecule has 8 nitrogen and oxygen atoms in total. The van der Waals surface area contributed by atoms with Crippen molar-refractivity contribution in [1.82, 2.24) is 25.8 Å². The van der Waals surface area contributed by atoms with Crippen molar-refractivity contribution in [1.29, 1.82) is 0 Å².